The first kappa shape index (κ1) is 17.2. The van der Waals surface area contributed by atoms with E-state index in [0.717, 1.165) is 16.8 Å². The molecule has 3 N–H and O–H groups in total. The van der Waals surface area contributed by atoms with E-state index in [2.05, 4.69) is 26.6 Å². The standard InChI is InChI=1S/C17H14BrClN2O2S/c1-9-6-11(19)3-4-13(9)20-17-21-16(23)15(24-17)8-10-2-5-14(22)12(18)7-10/h2-8,17,20,22H,1H3,(H,21,23)/b15-8-. The van der Waals surface area contributed by atoms with Crippen molar-refractivity contribution in [2.75, 3.05) is 5.32 Å². The molecule has 0 radical (unpaired) electrons. The molecule has 0 saturated carbocycles. The number of amides is 1. The predicted octanol–water partition coefficient (Wildman–Crippen LogP) is 4.72. The first-order valence-corrected chi connectivity index (χ1v) is 9.18. The Kier molecular flexibility index (Phi) is 5.08. The van der Waals surface area contributed by atoms with Gasteiger partial charge in [-0.1, -0.05) is 29.4 Å². The summed E-state index contributed by atoms with van der Waals surface area (Å²) in [4.78, 5) is 12.8. The predicted molar refractivity (Wildman–Crippen MR) is 103 cm³/mol. The lowest BCUT2D eigenvalue weighted by Crippen LogP contribution is -2.31. The average molecular weight is 426 g/mol. The minimum Gasteiger partial charge on any atom is -0.507 e. The molecule has 1 atom stereocenters. The summed E-state index contributed by atoms with van der Waals surface area (Å²) in [6.45, 7) is 1.96. The van der Waals surface area contributed by atoms with Gasteiger partial charge in [-0.3, -0.25) is 4.79 Å². The third-order valence-electron chi connectivity index (χ3n) is 3.48. The van der Waals surface area contributed by atoms with E-state index in [1.807, 2.05) is 25.1 Å². The highest BCUT2D eigenvalue weighted by molar-refractivity contribution is 9.10. The molecule has 1 fully saturated rings. The quantitative estimate of drug-likeness (QED) is 0.623. The van der Waals surface area contributed by atoms with Crippen molar-refractivity contribution in [1.82, 2.24) is 5.32 Å². The molecule has 0 aromatic heterocycles. The van der Waals surface area contributed by atoms with Gasteiger partial charge < -0.3 is 15.7 Å². The van der Waals surface area contributed by atoms with Crippen molar-refractivity contribution >= 4 is 57.0 Å². The van der Waals surface area contributed by atoms with E-state index in [9.17, 15) is 9.90 Å². The van der Waals surface area contributed by atoms with Gasteiger partial charge in [0, 0.05) is 10.7 Å². The maximum absolute atomic E-state index is 12.1. The Bertz CT molecular complexity index is 841. The number of phenols is 1. The smallest absolute Gasteiger partial charge is 0.260 e. The van der Waals surface area contributed by atoms with Crippen molar-refractivity contribution in [3.63, 3.8) is 0 Å². The fourth-order valence-corrected chi connectivity index (χ4v) is 3.86. The van der Waals surface area contributed by atoms with Gasteiger partial charge >= 0.3 is 0 Å². The molecule has 7 heteroatoms. The second-order valence-electron chi connectivity index (χ2n) is 5.29. The zero-order valence-corrected chi connectivity index (χ0v) is 15.8. The van der Waals surface area contributed by atoms with E-state index in [-0.39, 0.29) is 17.2 Å². The molecule has 124 valence electrons. The highest BCUT2D eigenvalue weighted by Gasteiger charge is 2.27. The van der Waals surface area contributed by atoms with Crippen molar-refractivity contribution in [2.45, 2.75) is 12.4 Å². The summed E-state index contributed by atoms with van der Waals surface area (Å²) in [5, 5.41) is 16.4. The lowest BCUT2D eigenvalue weighted by atomic mass is 10.2. The minimum atomic E-state index is -0.246. The Labute approximate surface area is 157 Å². The van der Waals surface area contributed by atoms with E-state index in [1.54, 1.807) is 24.3 Å². The number of nitrogens with one attached hydrogen (secondary N) is 2. The van der Waals surface area contributed by atoms with Crippen molar-refractivity contribution in [1.29, 1.82) is 0 Å². The molecule has 1 aliphatic heterocycles. The van der Waals surface area contributed by atoms with Gasteiger partial charge in [0.05, 0.1) is 9.38 Å². The number of halogens is 2. The van der Waals surface area contributed by atoms with Crippen LogP contribution in [0.3, 0.4) is 0 Å². The average Bonchev–Trinajstić information content (AvgIpc) is 2.86. The van der Waals surface area contributed by atoms with E-state index < -0.39 is 0 Å². The summed E-state index contributed by atoms with van der Waals surface area (Å²) in [6.07, 6.45) is 1.79. The first-order valence-electron chi connectivity index (χ1n) is 7.13. The van der Waals surface area contributed by atoms with Gasteiger partial charge in [-0.15, -0.1) is 0 Å². The third-order valence-corrected chi connectivity index (χ3v) is 5.37. The van der Waals surface area contributed by atoms with Crippen molar-refractivity contribution < 1.29 is 9.90 Å². The molecule has 2 aromatic rings. The number of thioether (sulfide) groups is 1. The Hall–Kier alpha value is -1.63. The molecule has 24 heavy (non-hydrogen) atoms. The van der Waals surface area contributed by atoms with Crippen LogP contribution in [0.4, 0.5) is 5.69 Å². The minimum absolute atomic E-state index is 0.131. The van der Waals surface area contributed by atoms with Gasteiger partial charge in [-0.05, 0) is 70.4 Å². The third kappa shape index (κ3) is 3.88. The van der Waals surface area contributed by atoms with Gasteiger partial charge in [0.2, 0.25) is 0 Å². The normalized spacial score (nSPS) is 18.7. The molecule has 0 bridgehead atoms. The number of anilines is 1. The van der Waals surface area contributed by atoms with Crippen LogP contribution < -0.4 is 10.6 Å². The number of aromatic hydroxyl groups is 1. The monoisotopic (exact) mass is 424 g/mol. The summed E-state index contributed by atoms with van der Waals surface area (Å²) in [7, 11) is 0. The lowest BCUT2D eigenvalue weighted by molar-refractivity contribution is -0.116. The van der Waals surface area contributed by atoms with Crippen LogP contribution in [-0.4, -0.2) is 16.5 Å². The largest absolute Gasteiger partial charge is 0.507 e. The van der Waals surface area contributed by atoms with Gasteiger partial charge in [-0.2, -0.15) is 0 Å². The fourth-order valence-electron chi connectivity index (χ4n) is 2.26. The molecular weight excluding hydrogens is 412 g/mol. The topological polar surface area (TPSA) is 61.4 Å². The molecule has 0 aliphatic carbocycles. The van der Waals surface area contributed by atoms with Crippen LogP contribution in [0.2, 0.25) is 5.02 Å². The number of phenolic OH excluding ortho intramolecular Hbond substituents is 1. The molecule has 1 aliphatic rings. The van der Waals surface area contributed by atoms with Gasteiger partial charge in [-0.25, -0.2) is 0 Å². The maximum atomic E-state index is 12.1. The Balaban J connectivity index is 1.75. The summed E-state index contributed by atoms with van der Waals surface area (Å²) in [6, 6.07) is 10.7. The van der Waals surface area contributed by atoms with Crippen molar-refractivity contribution in [2.24, 2.45) is 0 Å². The second-order valence-corrected chi connectivity index (χ2v) is 7.73. The SMILES string of the molecule is Cc1cc(Cl)ccc1NC1NC(=O)/C(=C/c2ccc(O)c(Br)c2)S1. The summed E-state index contributed by atoms with van der Waals surface area (Å²) in [5.41, 5.74) is 2.52. The number of carbonyl (C=O) groups is 1. The summed E-state index contributed by atoms with van der Waals surface area (Å²) in [5.74, 6) is 0.0340. The molecule has 1 saturated heterocycles. The van der Waals surface area contributed by atoms with Crippen LogP contribution in [0.1, 0.15) is 11.1 Å². The number of benzene rings is 2. The Morgan fingerprint density at radius 3 is 2.83 bits per heavy atom. The number of hydrogen-bond acceptors (Lipinski definition) is 4. The number of aryl methyl sites for hydroxylation is 1. The van der Waals surface area contributed by atoms with Gasteiger partial charge in [0.15, 0.2) is 5.50 Å². The number of carbonyl (C=O) groups excluding carboxylic acids is 1. The molecule has 3 rings (SSSR count). The molecule has 2 aromatic carbocycles. The molecule has 1 amide bonds. The van der Waals surface area contributed by atoms with E-state index in [1.165, 1.54) is 11.8 Å². The lowest BCUT2D eigenvalue weighted by Gasteiger charge is -2.15. The van der Waals surface area contributed by atoms with E-state index in [4.69, 9.17) is 11.6 Å². The van der Waals surface area contributed by atoms with Crippen LogP contribution >= 0.6 is 39.3 Å². The van der Waals surface area contributed by atoms with Crippen LogP contribution in [0.15, 0.2) is 45.8 Å². The summed E-state index contributed by atoms with van der Waals surface area (Å²) < 4.78 is 0.590. The van der Waals surface area contributed by atoms with Crippen LogP contribution in [0.5, 0.6) is 5.75 Å². The van der Waals surface area contributed by atoms with Crippen LogP contribution in [0, 0.1) is 6.92 Å². The highest BCUT2D eigenvalue weighted by atomic mass is 79.9. The van der Waals surface area contributed by atoms with Gasteiger partial charge in [0.25, 0.3) is 5.91 Å². The number of rotatable bonds is 3. The number of hydrogen-bond donors (Lipinski definition) is 3. The zero-order valence-electron chi connectivity index (χ0n) is 12.6. The fraction of sp³-hybridized carbons (Fsp3) is 0.118. The zero-order chi connectivity index (χ0) is 17.3. The molecule has 1 unspecified atom stereocenters. The Morgan fingerprint density at radius 1 is 1.33 bits per heavy atom. The first-order chi connectivity index (χ1) is 11.4. The van der Waals surface area contributed by atoms with Crippen molar-refractivity contribution in [3.8, 4) is 5.75 Å². The second kappa shape index (κ2) is 7.09. The van der Waals surface area contributed by atoms with E-state index in [0.29, 0.717) is 14.4 Å². The molecule has 4 nitrogen and oxygen atoms in total. The molecule has 1 heterocycles. The maximum Gasteiger partial charge on any atom is 0.260 e. The van der Waals surface area contributed by atoms with Gasteiger partial charge in [0.1, 0.15) is 5.75 Å². The highest BCUT2D eigenvalue weighted by Crippen LogP contribution is 2.32. The van der Waals surface area contributed by atoms with E-state index >= 15 is 0 Å². The molecular formula is C17H14BrClN2O2S. The molecule has 0 spiro atoms. The van der Waals surface area contributed by atoms with Crippen molar-refractivity contribution in [3.05, 3.63) is 61.9 Å². The summed E-state index contributed by atoms with van der Waals surface area (Å²) >= 11 is 10.6. The Morgan fingerprint density at radius 2 is 2.12 bits per heavy atom. The van der Waals surface area contributed by atoms with Crippen LogP contribution in [-0.2, 0) is 4.79 Å². The van der Waals surface area contributed by atoms with Crippen LogP contribution in [0.25, 0.3) is 6.08 Å².